The maximum absolute atomic E-state index is 6.97. The molecule has 2 aliphatic rings. The summed E-state index contributed by atoms with van der Waals surface area (Å²) in [6.45, 7) is 4.72. The van der Waals surface area contributed by atoms with E-state index in [1.165, 1.54) is 77.5 Å². The maximum Gasteiger partial charge on any atom is 0.137 e. The molecule has 10 aromatic carbocycles. The molecule has 13 rings (SSSR count). The fraction of sp³-hybridized carbons (Fsp3) is 0.0645. The summed E-state index contributed by atoms with van der Waals surface area (Å²) in [6, 6.07) is 82.7. The molecule has 0 saturated heterocycles. The fourth-order valence-electron chi connectivity index (χ4n) is 11.5. The first-order valence-corrected chi connectivity index (χ1v) is 22.3. The zero-order valence-electron chi connectivity index (χ0n) is 35.7. The molecule has 64 heavy (non-hydrogen) atoms. The lowest BCUT2D eigenvalue weighted by Gasteiger charge is -2.35. The largest absolute Gasteiger partial charge is 0.456 e. The van der Waals surface area contributed by atoms with Gasteiger partial charge in [-0.3, -0.25) is 0 Å². The smallest absolute Gasteiger partial charge is 0.137 e. The topological polar surface area (TPSA) is 16.4 Å². The lowest BCUT2D eigenvalue weighted by molar-refractivity contribution is 0.660. The van der Waals surface area contributed by atoms with Crippen molar-refractivity contribution in [1.82, 2.24) is 0 Å². The van der Waals surface area contributed by atoms with E-state index in [-0.39, 0.29) is 5.41 Å². The van der Waals surface area contributed by atoms with Crippen LogP contribution in [-0.4, -0.2) is 0 Å². The minimum Gasteiger partial charge on any atom is -0.456 e. The minimum absolute atomic E-state index is 0.164. The van der Waals surface area contributed by atoms with Crippen molar-refractivity contribution in [2.75, 3.05) is 4.90 Å². The summed E-state index contributed by atoms with van der Waals surface area (Å²) in [4.78, 5) is 2.45. The monoisotopic (exact) mass is 817 g/mol. The molecule has 0 amide bonds. The third-order valence-corrected chi connectivity index (χ3v) is 14.3. The zero-order chi connectivity index (χ0) is 42.6. The Bertz CT molecular complexity index is 3600. The Hall–Kier alpha value is -7.94. The van der Waals surface area contributed by atoms with Gasteiger partial charge in [0.05, 0.1) is 5.41 Å². The molecular weight excluding hydrogens is 775 g/mol. The van der Waals surface area contributed by atoms with E-state index in [0.29, 0.717) is 0 Å². The predicted octanol–water partition coefficient (Wildman–Crippen LogP) is 16.5. The second-order valence-corrected chi connectivity index (χ2v) is 18.0. The molecule has 2 aliphatic carbocycles. The van der Waals surface area contributed by atoms with E-state index in [1.807, 2.05) is 0 Å². The molecule has 302 valence electrons. The van der Waals surface area contributed by atoms with Crippen LogP contribution in [0.3, 0.4) is 0 Å². The number of hydrogen-bond acceptors (Lipinski definition) is 2. The van der Waals surface area contributed by atoms with Crippen molar-refractivity contribution in [1.29, 1.82) is 0 Å². The van der Waals surface area contributed by atoms with Gasteiger partial charge >= 0.3 is 0 Å². The first-order chi connectivity index (χ1) is 31.5. The number of anilines is 3. The summed E-state index contributed by atoms with van der Waals surface area (Å²) in [7, 11) is 0. The second kappa shape index (κ2) is 13.8. The van der Waals surface area contributed by atoms with E-state index in [2.05, 4.69) is 243 Å². The third kappa shape index (κ3) is 5.14. The van der Waals surface area contributed by atoms with Gasteiger partial charge in [0.25, 0.3) is 0 Å². The third-order valence-electron chi connectivity index (χ3n) is 14.3. The van der Waals surface area contributed by atoms with E-state index < -0.39 is 5.41 Å². The van der Waals surface area contributed by atoms with E-state index in [0.717, 1.165) is 39.0 Å². The molecule has 1 heterocycles. The standard InChI is InChI=1S/C62H43NO/c1-61(2)54-28-16-14-25-47(54)49-33-30-43(36-56(49)61)63(45-32-35-52-58(38-45)64-59-39-53(40-18-6-3-7-19-40)46-24-12-13-27-51(46)60(52)59)44-31-34-50-48-26-15-17-29-55(48)62(57(50)37-44,41-20-8-4-9-21-41)42-22-10-5-11-23-42/h3-39H,1-2H3. The number of furan rings is 1. The van der Waals surface area contributed by atoms with Crippen LogP contribution in [0.2, 0.25) is 0 Å². The van der Waals surface area contributed by atoms with E-state index in [1.54, 1.807) is 0 Å². The summed E-state index contributed by atoms with van der Waals surface area (Å²) in [6.07, 6.45) is 0. The minimum atomic E-state index is -0.530. The number of benzene rings is 10. The Labute approximate surface area is 373 Å². The molecule has 0 atom stereocenters. The van der Waals surface area contributed by atoms with Gasteiger partial charge in [0.15, 0.2) is 0 Å². The molecule has 1 aromatic heterocycles. The Morgan fingerprint density at radius 2 is 0.844 bits per heavy atom. The summed E-state index contributed by atoms with van der Waals surface area (Å²) in [5.41, 5.74) is 19.5. The van der Waals surface area contributed by atoms with Crippen molar-refractivity contribution >= 4 is 49.8 Å². The fourth-order valence-corrected chi connectivity index (χ4v) is 11.5. The van der Waals surface area contributed by atoms with Gasteiger partial charge in [-0.15, -0.1) is 0 Å². The molecule has 0 fully saturated rings. The van der Waals surface area contributed by atoms with Crippen LogP contribution in [0, 0.1) is 0 Å². The lowest BCUT2D eigenvalue weighted by Crippen LogP contribution is -2.28. The highest BCUT2D eigenvalue weighted by Gasteiger charge is 2.46. The Kier molecular flexibility index (Phi) is 7.90. The number of fused-ring (bicyclic) bond motifs is 11. The van der Waals surface area contributed by atoms with Crippen LogP contribution in [0.15, 0.2) is 229 Å². The number of hydrogen-bond donors (Lipinski definition) is 0. The Balaban J connectivity index is 1.07. The van der Waals surface area contributed by atoms with Crippen LogP contribution in [0.5, 0.6) is 0 Å². The predicted molar refractivity (Wildman–Crippen MR) is 266 cm³/mol. The molecule has 2 heteroatoms. The van der Waals surface area contributed by atoms with Crippen molar-refractivity contribution in [2.24, 2.45) is 0 Å². The van der Waals surface area contributed by atoms with Gasteiger partial charge in [-0.2, -0.15) is 0 Å². The molecule has 0 aliphatic heterocycles. The Morgan fingerprint density at radius 1 is 0.344 bits per heavy atom. The van der Waals surface area contributed by atoms with Crippen LogP contribution >= 0.6 is 0 Å². The van der Waals surface area contributed by atoms with E-state index in [9.17, 15) is 0 Å². The quantitative estimate of drug-likeness (QED) is 0.166. The van der Waals surface area contributed by atoms with Crippen LogP contribution < -0.4 is 4.90 Å². The molecule has 0 N–H and O–H groups in total. The average molecular weight is 818 g/mol. The van der Waals surface area contributed by atoms with Crippen molar-refractivity contribution in [2.45, 2.75) is 24.7 Å². The molecule has 11 aromatic rings. The molecular formula is C62H43NO. The van der Waals surface area contributed by atoms with Gasteiger partial charge in [0, 0.05) is 39.3 Å². The molecule has 0 spiro atoms. The van der Waals surface area contributed by atoms with Crippen LogP contribution in [-0.2, 0) is 10.8 Å². The van der Waals surface area contributed by atoms with Gasteiger partial charge in [0.2, 0.25) is 0 Å². The lowest BCUT2D eigenvalue weighted by atomic mass is 9.67. The summed E-state index contributed by atoms with van der Waals surface area (Å²) in [5, 5.41) is 4.66. The number of nitrogens with zero attached hydrogens (tertiary/aromatic N) is 1. The van der Waals surface area contributed by atoms with Gasteiger partial charge in [0.1, 0.15) is 11.2 Å². The maximum atomic E-state index is 6.97. The second-order valence-electron chi connectivity index (χ2n) is 18.0. The van der Waals surface area contributed by atoms with Crippen LogP contribution in [0.4, 0.5) is 17.1 Å². The van der Waals surface area contributed by atoms with Crippen molar-refractivity contribution < 1.29 is 4.42 Å². The Morgan fingerprint density at radius 3 is 1.53 bits per heavy atom. The molecule has 0 bridgehead atoms. The SMILES string of the molecule is CC1(C)c2ccccc2-c2ccc(N(c3ccc4c(c3)C(c3ccccc3)(c3ccccc3)c3ccccc3-4)c3ccc4c(c3)oc3cc(-c5ccccc5)c5ccccc5c34)cc21. The summed E-state index contributed by atoms with van der Waals surface area (Å²) in [5.74, 6) is 0. The highest BCUT2D eigenvalue weighted by atomic mass is 16.3. The van der Waals surface area contributed by atoms with Crippen LogP contribution in [0.1, 0.15) is 47.2 Å². The van der Waals surface area contributed by atoms with Gasteiger partial charge < -0.3 is 9.32 Å². The first kappa shape index (κ1) is 36.7. The molecule has 2 nitrogen and oxygen atoms in total. The summed E-state index contributed by atoms with van der Waals surface area (Å²) >= 11 is 0. The number of rotatable bonds is 6. The van der Waals surface area contributed by atoms with Gasteiger partial charge in [-0.25, -0.2) is 0 Å². The zero-order valence-corrected chi connectivity index (χ0v) is 35.7. The molecule has 0 unspecified atom stereocenters. The average Bonchev–Trinajstić information content (AvgIpc) is 3.95. The highest BCUT2D eigenvalue weighted by molar-refractivity contribution is 6.22. The van der Waals surface area contributed by atoms with Gasteiger partial charge in [-0.05, 0) is 120 Å². The van der Waals surface area contributed by atoms with E-state index >= 15 is 0 Å². The van der Waals surface area contributed by atoms with Crippen molar-refractivity contribution in [3.8, 4) is 33.4 Å². The summed E-state index contributed by atoms with van der Waals surface area (Å²) < 4.78 is 6.97. The molecule has 0 radical (unpaired) electrons. The highest BCUT2D eigenvalue weighted by Crippen LogP contribution is 2.58. The van der Waals surface area contributed by atoms with Crippen LogP contribution in [0.25, 0.3) is 66.1 Å². The normalized spacial score (nSPS) is 14.0. The first-order valence-electron chi connectivity index (χ1n) is 22.3. The van der Waals surface area contributed by atoms with Crippen molar-refractivity contribution in [3.05, 3.63) is 258 Å². The molecule has 0 saturated carbocycles. The van der Waals surface area contributed by atoms with Gasteiger partial charge in [-0.1, -0.05) is 190 Å². The van der Waals surface area contributed by atoms with Crippen molar-refractivity contribution in [3.63, 3.8) is 0 Å². The van der Waals surface area contributed by atoms with E-state index in [4.69, 9.17) is 4.42 Å².